The van der Waals surface area contributed by atoms with Crippen LogP contribution in [0.25, 0.3) is 0 Å². The zero-order chi connectivity index (χ0) is 21.7. The number of hydrogen-bond donors (Lipinski definition) is 1. The number of benzene rings is 2. The Balaban J connectivity index is 1.50. The van der Waals surface area contributed by atoms with E-state index in [-0.39, 0.29) is 23.8 Å². The topological polar surface area (TPSA) is 88.0 Å². The van der Waals surface area contributed by atoms with Crippen molar-refractivity contribution >= 4 is 17.3 Å². The van der Waals surface area contributed by atoms with Crippen LogP contribution in [-0.4, -0.2) is 60.5 Å². The van der Waals surface area contributed by atoms with Crippen LogP contribution in [-0.2, 0) is 11.3 Å². The molecular weight excluding hydrogens is 384 g/mol. The van der Waals surface area contributed by atoms with E-state index in [1.54, 1.807) is 13.2 Å². The van der Waals surface area contributed by atoms with Crippen LogP contribution in [0.5, 0.6) is 5.75 Å². The number of nitrogens with zero attached hydrogens (tertiary/aromatic N) is 3. The normalized spacial score (nSPS) is 15.0. The van der Waals surface area contributed by atoms with E-state index < -0.39 is 4.92 Å². The van der Waals surface area contributed by atoms with Gasteiger partial charge < -0.3 is 10.1 Å². The summed E-state index contributed by atoms with van der Waals surface area (Å²) in [6, 6.07) is 11.2. The number of anilines is 1. The summed E-state index contributed by atoms with van der Waals surface area (Å²) >= 11 is 0. The molecule has 2 aromatic carbocycles. The molecule has 3 rings (SSSR count). The molecule has 8 heteroatoms. The smallest absolute Gasteiger partial charge is 0.293 e. The zero-order valence-electron chi connectivity index (χ0n) is 17.7. The number of carbonyl (C=O) groups excluding carboxylic acids is 1. The van der Waals surface area contributed by atoms with E-state index in [0.717, 1.165) is 49.6 Å². The van der Waals surface area contributed by atoms with Gasteiger partial charge in [-0.25, -0.2) is 0 Å². The van der Waals surface area contributed by atoms with E-state index in [0.29, 0.717) is 0 Å². The number of methoxy groups -OCH3 is 1. The third kappa shape index (κ3) is 5.55. The molecule has 1 fully saturated rings. The molecule has 1 N–H and O–H groups in total. The second kappa shape index (κ2) is 9.69. The summed E-state index contributed by atoms with van der Waals surface area (Å²) in [4.78, 5) is 27.8. The van der Waals surface area contributed by atoms with Crippen molar-refractivity contribution in [2.75, 3.05) is 45.2 Å². The average Bonchev–Trinajstić information content (AvgIpc) is 2.72. The van der Waals surface area contributed by atoms with Crippen LogP contribution < -0.4 is 10.1 Å². The Hall–Kier alpha value is -2.97. The van der Waals surface area contributed by atoms with Crippen LogP contribution in [0.1, 0.15) is 16.7 Å². The number of aryl methyl sites for hydroxylation is 2. The molecule has 0 aromatic heterocycles. The molecular formula is C22H28N4O4. The summed E-state index contributed by atoms with van der Waals surface area (Å²) in [5, 5.41) is 14.0. The maximum Gasteiger partial charge on any atom is 0.293 e. The minimum absolute atomic E-state index is 0.0734. The number of carbonyl (C=O) groups is 1. The van der Waals surface area contributed by atoms with Crippen molar-refractivity contribution in [3.05, 3.63) is 63.2 Å². The summed E-state index contributed by atoms with van der Waals surface area (Å²) in [7, 11) is 1.66. The van der Waals surface area contributed by atoms with Crippen LogP contribution in [0, 0.1) is 24.0 Å². The van der Waals surface area contributed by atoms with Gasteiger partial charge in [0.05, 0.1) is 18.6 Å². The van der Waals surface area contributed by atoms with Gasteiger partial charge in [-0.3, -0.25) is 24.7 Å². The third-order valence-corrected chi connectivity index (χ3v) is 5.48. The summed E-state index contributed by atoms with van der Waals surface area (Å²) < 4.78 is 5.19. The lowest BCUT2D eigenvalue weighted by Crippen LogP contribution is -2.48. The van der Waals surface area contributed by atoms with Crippen molar-refractivity contribution in [1.29, 1.82) is 0 Å². The van der Waals surface area contributed by atoms with Crippen molar-refractivity contribution in [2.45, 2.75) is 20.4 Å². The standard InChI is InChI=1S/C22H28N4O4/c1-16-12-20(21(26(28)29)13-17(16)2)23-22(27)15-25-10-8-24(9-11-25)14-18-4-6-19(30-3)7-5-18/h4-7,12-13H,8-11,14-15H2,1-3H3,(H,23,27). The fourth-order valence-corrected chi connectivity index (χ4v) is 3.54. The molecule has 0 spiro atoms. The molecule has 0 atom stereocenters. The first kappa shape index (κ1) is 21.7. The molecule has 0 saturated carbocycles. The summed E-state index contributed by atoms with van der Waals surface area (Å²) in [5.74, 6) is 0.614. The Bertz CT molecular complexity index is 906. The number of amides is 1. The van der Waals surface area contributed by atoms with Gasteiger partial charge in [-0.15, -0.1) is 0 Å². The fraction of sp³-hybridized carbons (Fsp3) is 0.409. The highest BCUT2D eigenvalue weighted by molar-refractivity contribution is 5.94. The molecule has 0 unspecified atom stereocenters. The molecule has 160 valence electrons. The highest BCUT2D eigenvalue weighted by atomic mass is 16.6. The Morgan fingerprint density at radius 2 is 1.67 bits per heavy atom. The van der Waals surface area contributed by atoms with Crippen molar-refractivity contribution in [3.63, 3.8) is 0 Å². The second-order valence-electron chi connectivity index (χ2n) is 7.66. The third-order valence-electron chi connectivity index (χ3n) is 5.48. The Labute approximate surface area is 176 Å². The largest absolute Gasteiger partial charge is 0.497 e. The Morgan fingerprint density at radius 1 is 1.07 bits per heavy atom. The molecule has 0 bridgehead atoms. The summed E-state index contributed by atoms with van der Waals surface area (Å²) in [6.45, 7) is 8.05. The van der Waals surface area contributed by atoms with Crippen LogP contribution >= 0.6 is 0 Å². The van der Waals surface area contributed by atoms with Gasteiger partial charge in [0.2, 0.25) is 5.91 Å². The van der Waals surface area contributed by atoms with Crippen molar-refractivity contribution in [1.82, 2.24) is 9.80 Å². The maximum absolute atomic E-state index is 12.5. The minimum atomic E-state index is -0.458. The fourth-order valence-electron chi connectivity index (χ4n) is 3.54. The van der Waals surface area contributed by atoms with Crippen LogP contribution in [0.15, 0.2) is 36.4 Å². The van der Waals surface area contributed by atoms with Crippen molar-refractivity contribution in [3.8, 4) is 5.75 Å². The number of hydrogen-bond acceptors (Lipinski definition) is 6. The van der Waals surface area contributed by atoms with Gasteiger partial charge >= 0.3 is 0 Å². The molecule has 0 aliphatic carbocycles. The van der Waals surface area contributed by atoms with E-state index in [4.69, 9.17) is 4.74 Å². The number of piperazine rings is 1. The summed E-state index contributed by atoms with van der Waals surface area (Å²) in [5.41, 5.74) is 3.14. The molecule has 1 aliphatic rings. The van der Waals surface area contributed by atoms with E-state index in [2.05, 4.69) is 27.2 Å². The van der Waals surface area contributed by atoms with Gasteiger partial charge in [-0.2, -0.15) is 0 Å². The molecule has 2 aromatic rings. The lowest BCUT2D eigenvalue weighted by molar-refractivity contribution is -0.384. The van der Waals surface area contributed by atoms with E-state index in [9.17, 15) is 14.9 Å². The number of nitro benzene ring substituents is 1. The van der Waals surface area contributed by atoms with Gasteiger partial charge in [0.1, 0.15) is 11.4 Å². The molecule has 1 saturated heterocycles. The van der Waals surface area contributed by atoms with Gasteiger partial charge in [0.25, 0.3) is 5.69 Å². The molecule has 1 amide bonds. The number of ether oxygens (including phenoxy) is 1. The lowest BCUT2D eigenvalue weighted by Gasteiger charge is -2.34. The highest BCUT2D eigenvalue weighted by Crippen LogP contribution is 2.28. The van der Waals surface area contributed by atoms with Crippen molar-refractivity contribution < 1.29 is 14.5 Å². The van der Waals surface area contributed by atoms with Crippen LogP contribution in [0.4, 0.5) is 11.4 Å². The van der Waals surface area contributed by atoms with E-state index >= 15 is 0 Å². The second-order valence-corrected chi connectivity index (χ2v) is 7.66. The van der Waals surface area contributed by atoms with Crippen LogP contribution in [0.3, 0.4) is 0 Å². The van der Waals surface area contributed by atoms with Crippen LogP contribution in [0.2, 0.25) is 0 Å². The molecule has 1 heterocycles. The quantitative estimate of drug-likeness (QED) is 0.556. The van der Waals surface area contributed by atoms with Crippen molar-refractivity contribution in [2.24, 2.45) is 0 Å². The van der Waals surface area contributed by atoms with E-state index in [1.165, 1.54) is 11.6 Å². The lowest BCUT2D eigenvalue weighted by atomic mass is 10.1. The van der Waals surface area contributed by atoms with Gasteiger partial charge in [0, 0.05) is 38.8 Å². The average molecular weight is 412 g/mol. The van der Waals surface area contributed by atoms with E-state index in [1.807, 2.05) is 26.0 Å². The number of rotatable bonds is 7. The summed E-state index contributed by atoms with van der Waals surface area (Å²) in [6.07, 6.45) is 0. The number of nitro groups is 1. The van der Waals surface area contributed by atoms with Gasteiger partial charge in [-0.05, 0) is 48.7 Å². The minimum Gasteiger partial charge on any atom is -0.497 e. The SMILES string of the molecule is COc1ccc(CN2CCN(CC(=O)Nc3cc(C)c(C)cc3[N+](=O)[O-])CC2)cc1. The Morgan fingerprint density at radius 3 is 2.27 bits per heavy atom. The predicted octanol–water partition coefficient (Wildman–Crippen LogP) is 2.98. The first-order valence-electron chi connectivity index (χ1n) is 9.99. The number of nitrogens with one attached hydrogen (secondary N) is 1. The maximum atomic E-state index is 12.5. The Kier molecular flexibility index (Phi) is 7.02. The monoisotopic (exact) mass is 412 g/mol. The molecule has 0 radical (unpaired) electrons. The van der Waals surface area contributed by atoms with Gasteiger partial charge in [0.15, 0.2) is 0 Å². The zero-order valence-corrected chi connectivity index (χ0v) is 17.7. The highest BCUT2D eigenvalue weighted by Gasteiger charge is 2.21. The predicted molar refractivity (Wildman–Crippen MR) is 116 cm³/mol. The molecule has 1 aliphatic heterocycles. The molecule has 30 heavy (non-hydrogen) atoms. The first-order valence-corrected chi connectivity index (χ1v) is 9.99. The first-order chi connectivity index (χ1) is 14.4. The van der Waals surface area contributed by atoms with Gasteiger partial charge in [-0.1, -0.05) is 12.1 Å². The molecule has 8 nitrogen and oxygen atoms in total.